The van der Waals surface area contributed by atoms with Crippen LogP contribution in [0.2, 0.25) is 5.02 Å². The number of primary amides is 1. The molecular formula is C20H24ClFN2O2S. The quantitative estimate of drug-likeness (QED) is 0.669. The lowest BCUT2D eigenvalue weighted by molar-refractivity contribution is -0.118. The third kappa shape index (κ3) is 6.11. The average Bonchev–Trinajstić information content (AvgIpc) is 3.04. The molecule has 2 aromatic rings. The lowest BCUT2D eigenvalue weighted by atomic mass is 9.64. The minimum absolute atomic E-state index is 0.283. The van der Waals surface area contributed by atoms with E-state index in [2.05, 4.69) is 11.9 Å². The van der Waals surface area contributed by atoms with Crippen molar-refractivity contribution >= 4 is 34.6 Å². The second kappa shape index (κ2) is 9.42. The minimum atomic E-state index is -0.550. The molecule has 1 saturated carbocycles. The Labute approximate surface area is 167 Å². The molecule has 7 heteroatoms. The molecule has 1 amide bonds. The van der Waals surface area contributed by atoms with Crippen LogP contribution in [0.15, 0.2) is 24.4 Å². The van der Waals surface area contributed by atoms with Crippen LogP contribution in [0.4, 0.5) is 4.39 Å². The highest BCUT2D eigenvalue weighted by Crippen LogP contribution is 2.47. The fourth-order valence-corrected chi connectivity index (χ4v) is 4.07. The first-order chi connectivity index (χ1) is 12.7. The largest absolute Gasteiger partial charge is 0.365 e. The molecule has 0 spiro atoms. The van der Waals surface area contributed by atoms with Gasteiger partial charge in [0.15, 0.2) is 0 Å². The van der Waals surface area contributed by atoms with Gasteiger partial charge in [0.05, 0.1) is 6.20 Å². The summed E-state index contributed by atoms with van der Waals surface area (Å²) in [6.45, 7) is 3.95. The molecule has 1 aromatic carbocycles. The molecular weight excluding hydrogens is 387 g/mol. The predicted molar refractivity (Wildman–Crippen MR) is 108 cm³/mol. The zero-order valence-electron chi connectivity index (χ0n) is 15.6. The van der Waals surface area contributed by atoms with Gasteiger partial charge in [-0.3, -0.25) is 4.79 Å². The van der Waals surface area contributed by atoms with Gasteiger partial charge >= 0.3 is 0 Å². The molecule has 0 aliphatic heterocycles. The van der Waals surface area contributed by atoms with Gasteiger partial charge in [0, 0.05) is 17.0 Å². The summed E-state index contributed by atoms with van der Waals surface area (Å²) >= 11 is 6.82. The van der Waals surface area contributed by atoms with Gasteiger partial charge in [-0.15, -0.1) is 11.3 Å². The summed E-state index contributed by atoms with van der Waals surface area (Å²) < 4.78 is 13.1. The molecule has 1 heterocycles. The van der Waals surface area contributed by atoms with Gasteiger partial charge in [0.25, 0.3) is 5.91 Å². The van der Waals surface area contributed by atoms with Crippen LogP contribution in [0.1, 0.15) is 62.0 Å². The number of aromatic nitrogens is 1. The van der Waals surface area contributed by atoms with E-state index in [4.69, 9.17) is 17.3 Å². The van der Waals surface area contributed by atoms with Gasteiger partial charge in [-0.05, 0) is 49.8 Å². The van der Waals surface area contributed by atoms with Crippen molar-refractivity contribution in [1.82, 2.24) is 4.98 Å². The van der Waals surface area contributed by atoms with E-state index in [0.29, 0.717) is 26.6 Å². The Morgan fingerprint density at radius 3 is 2.48 bits per heavy atom. The van der Waals surface area contributed by atoms with Crippen LogP contribution in [0.3, 0.4) is 0 Å². The van der Waals surface area contributed by atoms with Crippen LogP contribution in [-0.4, -0.2) is 16.7 Å². The number of benzene rings is 1. The molecule has 27 heavy (non-hydrogen) atoms. The first-order valence-corrected chi connectivity index (χ1v) is 10.2. The fourth-order valence-electron chi connectivity index (χ4n) is 3.10. The highest BCUT2D eigenvalue weighted by Gasteiger charge is 2.34. The lowest BCUT2D eigenvalue weighted by Gasteiger charge is -2.41. The third-order valence-corrected chi connectivity index (χ3v) is 6.31. The van der Waals surface area contributed by atoms with Gasteiger partial charge in [0.1, 0.15) is 21.5 Å². The van der Waals surface area contributed by atoms with E-state index in [1.54, 1.807) is 13.0 Å². The van der Waals surface area contributed by atoms with E-state index in [9.17, 15) is 14.0 Å². The maximum Gasteiger partial charge on any atom is 0.260 e. The van der Waals surface area contributed by atoms with Crippen molar-refractivity contribution in [3.05, 3.63) is 40.1 Å². The molecule has 1 aliphatic carbocycles. The topological polar surface area (TPSA) is 73.1 Å². The molecule has 0 unspecified atom stereocenters. The van der Waals surface area contributed by atoms with Crippen molar-refractivity contribution in [2.75, 3.05) is 0 Å². The van der Waals surface area contributed by atoms with E-state index in [0.717, 1.165) is 24.2 Å². The first-order valence-electron chi connectivity index (χ1n) is 8.96. The van der Waals surface area contributed by atoms with Crippen molar-refractivity contribution in [1.29, 1.82) is 0 Å². The molecule has 146 valence electrons. The zero-order valence-corrected chi connectivity index (χ0v) is 17.1. The number of hydrogen-bond acceptors (Lipinski definition) is 4. The van der Waals surface area contributed by atoms with Crippen LogP contribution in [-0.2, 0) is 4.79 Å². The Bertz CT molecular complexity index is 792. The molecule has 1 aromatic heterocycles. The maximum absolute atomic E-state index is 13.1. The lowest BCUT2D eigenvalue weighted by Crippen LogP contribution is -2.28. The number of ketones is 1. The second-order valence-corrected chi connectivity index (χ2v) is 8.43. The monoisotopic (exact) mass is 410 g/mol. The molecule has 0 saturated heterocycles. The number of carbonyl (C=O) groups is 2. The molecule has 1 fully saturated rings. The second-order valence-electron chi connectivity index (χ2n) is 6.96. The van der Waals surface area contributed by atoms with Crippen molar-refractivity contribution in [3.63, 3.8) is 0 Å². The van der Waals surface area contributed by atoms with Crippen molar-refractivity contribution in [2.45, 2.75) is 52.4 Å². The van der Waals surface area contributed by atoms with Crippen LogP contribution in [0.5, 0.6) is 0 Å². The number of thiazole rings is 1. The minimum Gasteiger partial charge on any atom is -0.365 e. The highest BCUT2D eigenvalue weighted by molar-refractivity contribution is 7.16. The van der Waals surface area contributed by atoms with E-state index < -0.39 is 11.7 Å². The molecule has 0 bridgehead atoms. The summed E-state index contributed by atoms with van der Waals surface area (Å²) in [6.07, 6.45) is 8.66. The van der Waals surface area contributed by atoms with Crippen LogP contribution in [0.25, 0.3) is 10.6 Å². The molecule has 1 aliphatic rings. The number of rotatable bonds is 6. The van der Waals surface area contributed by atoms with E-state index in [1.165, 1.54) is 44.0 Å². The molecule has 0 atom stereocenters. The summed E-state index contributed by atoms with van der Waals surface area (Å²) in [5, 5.41) is 0.793. The summed E-state index contributed by atoms with van der Waals surface area (Å²) in [4.78, 5) is 25.9. The predicted octanol–water partition coefficient (Wildman–Crippen LogP) is 5.64. The number of amides is 1. The zero-order chi connectivity index (χ0) is 20.0. The summed E-state index contributed by atoms with van der Waals surface area (Å²) in [5.74, 6) is -0.644. The summed E-state index contributed by atoms with van der Waals surface area (Å²) in [6, 6.07) is 4.08. The van der Waals surface area contributed by atoms with Crippen molar-refractivity contribution in [3.8, 4) is 10.6 Å². The van der Waals surface area contributed by atoms with E-state index in [1.807, 2.05) is 0 Å². The van der Waals surface area contributed by atoms with Crippen molar-refractivity contribution < 1.29 is 14.0 Å². The Hall–Kier alpha value is -1.79. The number of nitrogens with two attached hydrogens (primary N) is 1. The number of Topliss-reactive ketones (excluding diaryl/α,β-unsaturated/α-hetero) is 1. The summed E-state index contributed by atoms with van der Waals surface area (Å²) in [7, 11) is 0. The van der Waals surface area contributed by atoms with Crippen LogP contribution < -0.4 is 5.73 Å². The van der Waals surface area contributed by atoms with Crippen LogP contribution >= 0.6 is 22.9 Å². The van der Waals surface area contributed by atoms with Crippen molar-refractivity contribution in [2.24, 2.45) is 11.1 Å². The number of carbonyl (C=O) groups excluding carboxylic acids is 2. The smallest absolute Gasteiger partial charge is 0.260 e. The molecule has 4 nitrogen and oxygen atoms in total. The Kier molecular flexibility index (Phi) is 7.50. The van der Waals surface area contributed by atoms with Gasteiger partial charge in [0.2, 0.25) is 0 Å². The number of hydrogen-bond donors (Lipinski definition) is 1. The standard InChI is InChI=1S/C10H6ClFN2OS.C10H18O/c11-6-1-5(2-7(12)3-6)10-14-4-8(16-10)9(13)15;1-3-10(6-4-7-10)8-5-9(2)11/h1-4H,(H2,13,15);3-8H2,1-2H3. The maximum atomic E-state index is 13.1. The van der Waals surface area contributed by atoms with E-state index in [-0.39, 0.29) is 5.02 Å². The Morgan fingerprint density at radius 1 is 1.33 bits per heavy atom. The Balaban J connectivity index is 0.000000208. The van der Waals surface area contributed by atoms with Gasteiger partial charge in [-0.2, -0.15) is 0 Å². The van der Waals surface area contributed by atoms with Gasteiger partial charge in [-0.1, -0.05) is 31.4 Å². The Morgan fingerprint density at radius 2 is 2.04 bits per heavy atom. The number of halogens is 2. The molecule has 2 N–H and O–H groups in total. The van der Waals surface area contributed by atoms with E-state index >= 15 is 0 Å². The number of nitrogens with zero attached hydrogens (tertiary/aromatic N) is 1. The first kappa shape index (κ1) is 21.5. The SMILES string of the molecule is CCC1(CCC(C)=O)CCC1.NC(=O)c1cnc(-c2cc(F)cc(Cl)c2)s1. The van der Waals surface area contributed by atoms with Gasteiger partial charge < -0.3 is 10.5 Å². The van der Waals surface area contributed by atoms with Crippen LogP contribution in [0, 0.1) is 11.2 Å². The average molecular weight is 411 g/mol. The molecule has 0 radical (unpaired) electrons. The normalized spacial score (nSPS) is 14.7. The van der Waals surface area contributed by atoms with Gasteiger partial charge in [-0.25, -0.2) is 9.37 Å². The molecule has 3 rings (SSSR count). The summed E-state index contributed by atoms with van der Waals surface area (Å²) in [5.41, 5.74) is 6.20. The highest BCUT2D eigenvalue weighted by atomic mass is 35.5. The fraction of sp³-hybridized carbons (Fsp3) is 0.450. The third-order valence-electron chi connectivity index (χ3n) is 5.03.